The fourth-order valence-corrected chi connectivity index (χ4v) is 2.70. The summed E-state index contributed by atoms with van der Waals surface area (Å²) in [7, 11) is 1.87. The molecule has 0 spiro atoms. The quantitative estimate of drug-likeness (QED) is 0.285. The summed E-state index contributed by atoms with van der Waals surface area (Å²) in [5.74, 6) is 0.906. The maximum absolute atomic E-state index is 5.80. The first-order valence-electron chi connectivity index (χ1n) is 9.75. The monoisotopic (exact) mass is 418 g/mol. The molecule has 162 valence electrons. The van der Waals surface area contributed by atoms with E-state index in [1.807, 2.05) is 63.4 Å². The summed E-state index contributed by atoms with van der Waals surface area (Å²) < 4.78 is 11.5. The van der Waals surface area contributed by atoms with Crippen LogP contribution in [0.25, 0.3) is 23.3 Å². The molecular weight excluding hydrogens is 388 g/mol. The van der Waals surface area contributed by atoms with Crippen molar-refractivity contribution >= 4 is 29.2 Å². The maximum Gasteiger partial charge on any atom is 0.320 e. The summed E-state index contributed by atoms with van der Waals surface area (Å²) in [5, 5.41) is 14.5. The Kier molecular flexibility index (Phi) is 6.72. The molecule has 0 unspecified atom stereocenters. The summed E-state index contributed by atoms with van der Waals surface area (Å²) in [4.78, 5) is 0. The van der Waals surface area contributed by atoms with E-state index in [2.05, 4.69) is 40.6 Å². The Morgan fingerprint density at radius 3 is 2.65 bits per heavy atom. The Labute approximate surface area is 185 Å². The molecule has 0 saturated heterocycles. The molecule has 0 amide bonds. The van der Waals surface area contributed by atoms with Crippen molar-refractivity contribution in [1.29, 1.82) is 0 Å². The van der Waals surface area contributed by atoms with Gasteiger partial charge in [0.25, 0.3) is 0 Å². The van der Waals surface area contributed by atoms with Crippen LogP contribution in [0.4, 0.5) is 17.4 Å². The molecule has 3 rings (SSSR count). The normalized spacial score (nSPS) is 11.0. The van der Waals surface area contributed by atoms with Crippen molar-refractivity contribution in [1.82, 2.24) is 10.2 Å². The number of nitrogens with zero attached hydrogens (tertiary/aromatic N) is 2. The Morgan fingerprint density at radius 1 is 1.13 bits per heavy atom. The first-order chi connectivity index (χ1) is 14.9. The molecule has 3 aromatic rings. The van der Waals surface area contributed by atoms with Crippen LogP contribution in [0, 0.1) is 0 Å². The molecule has 1 aromatic heterocycles. The van der Waals surface area contributed by atoms with E-state index in [1.54, 1.807) is 12.3 Å². The minimum Gasteiger partial charge on any atom is -0.465 e. The van der Waals surface area contributed by atoms with Gasteiger partial charge in [-0.25, -0.2) is 0 Å². The molecule has 0 fully saturated rings. The van der Waals surface area contributed by atoms with Gasteiger partial charge in [-0.15, -0.1) is 5.10 Å². The van der Waals surface area contributed by atoms with Crippen molar-refractivity contribution in [2.24, 2.45) is 0 Å². The molecule has 0 radical (unpaired) electrons. The zero-order chi connectivity index (χ0) is 22.4. The van der Waals surface area contributed by atoms with E-state index < -0.39 is 0 Å². The lowest BCUT2D eigenvalue weighted by Crippen LogP contribution is -1.95. The van der Waals surface area contributed by atoms with Crippen molar-refractivity contribution in [3.8, 4) is 11.5 Å². The second kappa shape index (κ2) is 9.63. The van der Waals surface area contributed by atoms with E-state index in [4.69, 9.17) is 9.15 Å². The van der Waals surface area contributed by atoms with Crippen LogP contribution in [0.5, 0.6) is 0 Å². The second-order valence-electron chi connectivity index (χ2n) is 7.00. The predicted octanol–water partition coefficient (Wildman–Crippen LogP) is 7.12. The fourth-order valence-electron chi connectivity index (χ4n) is 2.70. The SMILES string of the molecule is C=Cc1cc(Nc2nnc(-c3cccc(C(=C)O/C=C(/C)C(=C)C)c3)o2)ccc1NC.[HH].[HH]. The molecule has 6 heteroatoms. The highest BCUT2D eigenvalue weighted by atomic mass is 16.5. The summed E-state index contributed by atoms with van der Waals surface area (Å²) in [6.07, 6.45) is 3.42. The van der Waals surface area contributed by atoms with Gasteiger partial charge in [0.1, 0.15) is 5.76 Å². The summed E-state index contributed by atoms with van der Waals surface area (Å²) in [6, 6.07) is 13.7. The van der Waals surface area contributed by atoms with E-state index in [1.165, 1.54) is 0 Å². The fraction of sp³-hybridized carbons (Fsp3) is 0.120. The lowest BCUT2D eigenvalue weighted by atomic mass is 10.1. The smallest absolute Gasteiger partial charge is 0.320 e. The van der Waals surface area contributed by atoms with Crippen LogP contribution in [0.15, 0.2) is 84.0 Å². The molecule has 1 heterocycles. The third kappa shape index (κ3) is 5.30. The Hall–Kier alpha value is -4.06. The van der Waals surface area contributed by atoms with Crippen LogP contribution >= 0.6 is 0 Å². The number of rotatable bonds is 9. The minimum atomic E-state index is 0. The predicted molar refractivity (Wildman–Crippen MR) is 132 cm³/mol. The number of nitrogens with one attached hydrogen (secondary N) is 2. The zero-order valence-electron chi connectivity index (χ0n) is 18.0. The van der Waals surface area contributed by atoms with Gasteiger partial charge in [0.05, 0.1) is 6.26 Å². The second-order valence-corrected chi connectivity index (χ2v) is 7.00. The summed E-state index contributed by atoms with van der Waals surface area (Å²) in [5.41, 5.74) is 6.24. The number of aromatic nitrogens is 2. The molecule has 0 atom stereocenters. The molecule has 0 aliphatic heterocycles. The summed E-state index contributed by atoms with van der Waals surface area (Å²) >= 11 is 0. The van der Waals surface area contributed by atoms with E-state index in [0.717, 1.165) is 39.2 Å². The van der Waals surface area contributed by atoms with Crippen LogP contribution < -0.4 is 10.6 Å². The molecule has 0 aliphatic carbocycles. The van der Waals surface area contributed by atoms with Crippen molar-refractivity contribution in [2.45, 2.75) is 13.8 Å². The van der Waals surface area contributed by atoms with Gasteiger partial charge in [-0.1, -0.05) is 48.6 Å². The van der Waals surface area contributed by atoms with Gasteiger partial charge in [-0.05, 0) is 55.3 Å². The number of hydrogen-bond acceptors (Lipinski definition) is 6. The zero-order valence-corrected chi connectivity index (χ0v) is 18.0. The topological polar surface area (TPSA) is 72.2 Å². The van der Waals surface area contributed by atoms with Gasteiger partial charge in [0.2, 0.25) is 5.89 Å². The average molecular weight is 419 g/mol. The van der Waals surface area contributed by atoms with Crippen molar-refractivity contribution in [3.05, 3.63) is 90.7 Å². The highest BCUT2D eigenvalue weighted by Gasteiger charge is 2.11. The number of anilines is 3. The minimum absolute atomic E-state index is 0. The molecule has 6 nitrogen and oxygen atoms in total. The van der Waals surface area contributed by atoms with Gasteiger partial charge in [0.15, 0.2) is 0 Å². The number of benzene rings is 2. The lowest BCUT2D eigenvalue weighted by molar-refractivity contribution is 0.434. The largest absolute Gasteiger partial charge is 0.465 e. The number of ether oxygens (including phenoxy) is 1. The van der Waals surface area contributed by atoms with Gasteiger partial charge in [0, 0.05) is 32.4 Å². The molecule has 2 aromatic carbocycles. The van der Waals surface area contributed by atoms with E-state index >= 15 is 0 Å². The molecule has 2 N–H and O–H groups in total. The third-order valence-electron chi connectivity index (χ3n) is 4.70. The highest BCUT2D eigenvalue weighted by molar-refractivity contribution is 5.71. The summed E-state index contributed by atoms with van der Waals surface area (Å²) in [6.45, 7) is 15.6. The van der Waals surface area contributed by atoms with Crippen LogP contribution in [0.3, 0.4) is 0 Å². The van der Waals surface area contributed by atoms with Gasteiger partial charge < -0.3 is 19.8 Å². The standard InChI is InChI=1S/C25H26N4O2.2H2/c1-7-19-14-22(11-12-23(19)26-6)27-25-29-28-24(31-25)21-10-8-9-20(13-21)18(5)30-15-17(4)16(2)3;;/h7-15,26H,1-2,5H2,3-4,6H3,(H,27,29);2*1H/b17-15-;;. The van der Waals surface area contributed by atoms with Crippen LogP contribution in [-0.2, 0) is 4.74 Å². The van der Waals surface area contributed by atoms with Crippen LogP contribution in [0.2, 0.25) is 0 Å². The molecule has 31 heavy (non-hydrogen) atoms. The number of hydrogen-bond donors (Lipinski definition) is 2. The maximum atomic E-state index is 5.80. The van der Waals surface area contributed by atoms with E-state index in [0.29, 0.717) is 17.7 Å². The van der Waals surface area contributed by atoms with Crippen LogP contribution in [-0.4, -0.2) is 17.2 Å². The first kappa shape index (κ1) is 21.6. The Morgan fingerprint density at radius 2 is 1.94 bits per heavy atom. The Balaban J connectivity index is 0.00000272. The first-order valence-corrected chi connectivity index (χ1v) is 9.75. The third-order valence-corrected chi connectivity index (χ3v) is 4.70. The van der Waals surface area contributed by atoms with Crippen molar-refractivity contribution < 1.29 is 12.0 Å². The molecular formula is C25H30N4O2. The van der Waals surface area contributed by atoms with Gasteiger partial charge >= 0.3 is 6.01 Å². The van der Waals surface area contributed by atoms with Gasteiger partial charge in [-0.3, -0.25) is 0 Å². The van der Waals surface area contributed by atoms with Crippen LogP contribution in [0.1, 0.15) is 27.8 Å². The Bertz CT molecular complexity index is 1170. The highest BCUT2D eigenvalue weighted by Crippen LogP contribution is 2.27. The van der Waals surface area contributed by atoms with E-state index in [9.17, 15) is 0 Å². The molecule has 0 aliphatic rings. The lowest BCUT2D eigenvalue weighted by Gasteiger charge is -2.08. The van der Waals surface area contributed by atoms with Gasteiger partial charge in [-0.2, -0.15) is 0 Å². The average Bonchev–Trinajstić information content (AvgIpc) is 3.25. The molecule has 0 bridgehead atoms. The number of allylic oxidation sites excluding steroid dienone is 2. The molecule has 0 saturated carbocycles. The van der Waals surface area contributed by atoms with Crippen molar-refractivity contribution in [3.63, 3.8) is 0 Å². The van der Waals surface area contributed by atoms with E-state index in [-0.39, 0.29) is 2.85 Å². The van der Waals surface area contributed by atoms with Crippen molar-refractivity contribution in [2.75, 3.05) is 17.7 Å².